The van der Waals surface area contributed by atoms with E-state index in [-0.39, 0.29) is 17.9 Å². The highest BCUT2D eigenvalue weighted by molar-refractivity contribution is 5.84. The molecule has 118 valence electrons. The first kappa shape index (κ1) is 15.0. The Morgan fingerprint density at radius 1 is 1.18 bits per heavy atom. The minimum atomic E-state index is 0.00866. The minimum Gasteiger partial charge on any atom is -0.355 e. The van der Waals surface area contributed by atoms with Gasteiger partial charge < -0.3 is 10.2 Å². The molecule has 3 rings (SSSR count). The number of amides is 2. The predicted octanol–water partition coefficient (Wildman–Crippen LogP) is 0.570. The molecule has 5 heteroatoms. The summed E-state index contributed by atoms with van der Waals surface area (Å²) in [6.45, 7) is 5.83. The topological polar surface area (TPSA) is 52.7 Å². The second-order valence-electron chi connectivity index (χ2n) is 6.17. The highest BCUT2D eigenvalue weighted by atomic mass is 16.2. The second kappa shape index (κ2) is 6.48. The Hall–Kier alpha value is -1.88. The summed E-state index contributed by atoms with van der Waals surface area (Å²) in [4.78, 5) is 28.2. The number of benzene rings is 1. The van der Waals surface area contributed by atoms with Crippen molar-refractivity contribution in [2.75, 3.05) is 32.7 Å². The number of hydrogen-bond acceptors (Lipinski definition) is 3. The van der Waals surface area contributed by atoms with Gasteiger partial charge in [-0.15, -0.1) is 0 Å². The Kier molecular flexibility index (Phi) is 4.43. The maximum atomic E-state index is 12.4. The lowest BCUT2D eigenvalue weighted by atomic mass is 10.1. The van der Waals surface area contributed by atoms with Crippen molar-refractivity contribution in [2.24, 2.45) is 0 Å². The van der Waals surface area contributed by atoms with Gasteiger partial charge in [-0.05, 0) is 18.9 Å². The first-order valence-electron chi connectivity index (χ1n) is 7.98. The summed E-state index contributed by atoms with van der Waals surface area (Å²) in [5, 5.41) is 2.88. The Morgan fingerprint density at radius 2 is 1.86 bits per heavy atom. The van der Waals surface area contributed by atoms with Crippen LogP contribution in [0, 0.1) is 6.92 Å². The number of aryl methyl sites for hydroxylation is 1. The highest BCUT2D eigenvalue weighted by Crippen LogP contribution is 2.14. The van der Waals surface area contributed by atoms with Crippen LogP contribution in [-0.2, 0) is 16.0 Å². The molecule has 0 bridgehead atoms. The average Bonchev–Trinajstić information content (AvgIpc) is 2.96. The number of nitrogens with zero attached hydrogens (tertiary/aromatic N) is 2. The SMILES string of the molecule is Cc1ccc(CC(=O)N2CCN([C@@H]3CCNC3=O)CC2)cc1. The van der Waals surface area contributed by atoms with Crippen LogP contribution in [0.3, 0.4) is 0 Å². The molecule has 0 spiro atoms. The monoisotopic (exact) mass is 301 g/mol. The standard InChI is InChI=1S/C17H23N3O2/c1-13-2-4-14(5-3-13)12-16(21)20-10-8-19(9-11-20)15-6-7-18-17(15)22/h2-5,15H,6-12H2,1H3,(H,18,22)/t15-/m1/s1. The molecule has 1 atom stereocenters. The van der Waals surface area contributed by atoms with E-state index in [9.17, 15) is 9.59 Å². The lowest BCUT2D eigenvalue weighted by Crippen LogP contribution is -2.53. The molecule has 2 saturated heterocycles. The van der Waals surface area contributed by atoms with E-state index in [1.165, 1.54) is 5.56 Å². The Balaban J connectivity index is 1.51. The van der Waals surface area contributed by atoms with E-state index in [0.29, 0.717) is 19.5 Å². The first-order chi connectivity index (χ1) is 10.6. The van der Waals surface area contributed by atoms with Crippen LogP contribution >= 0.6 is 0 Å². The lowest BCUT2D eigenvalue weighted by Gasteiger charge is -2.37. The predicted molar refractivity (Wildman–Crippen MR) is 84.5 cm³/mol. The smallest absolute Gasteiger partial charge is 0.237 e. The minimum absolute atomic E-state index is 0.00866. The number of carbonyl (C=O) groups is 2. The third kappa shape index (κ3) is 3.30. The maximum Gasteiger partial charge on any atom is 0.237 e. The average molecular weight is 301 g/mol. The molecule has 22 heavy (non-hydrogen) atoms. The Labute approximate surface area is 131 Å². The van der Waals surface area contributed by atoms with Crippen LogP contribution in [0.1, 0.15) is 17.5 Å². The molecule has 5 nitrogen and oxygen atoms in total. The van der Waals surface area contributed by atoms with Crippen LogP contribution in [0.5, 0.6) is 0 Å². The molecule has 1 aromatic rings. The van der Waals surface area contributed by atoms with Gasteiger partial charge in [0.2, 0.25) is 11.8 Å². The molecule has 0 radical (unpaired) electrons. The summed E-state index contributed by atoms with van der Waals surface area (Å²) < 4.78 is 0. The van der Waals surface area contributed by atoms with Gasteiger partial charge >= 0.3 is 0 Å². The molecule has 0 aromatic heterocycles. The Bertz CT molecular complexity index is 548. The second-order valence-corrected chi connectivity index (χ2v) is 6.17. The van der Waals surface area contributed by atoms with Gasteiger partial charge in [0.05, 0.1) is 12.5 Å². The van der Waals surface area contributed by atoms with E-state index in [0.717, 1.165) is 31.6 Å². The van der Waals surface area contributed by atoms with E-state index in [1.54, 1.807) is 0 Å². The van der Waals surface area contributed by atoms with Gasteiger partial charge in [0.1, 0.15) is 0 Å². The number of piperazine rings is 1. The van der Waals surface area contributed by atoms with Gasteiger partial charge in [-0.2, -0.15) is 0 Å². The molecule has 2 aliphatic heterocycles. The molecule has 1 aromatic carbocycles. The van der Waals surface area contributed by atoms with Crippen LogP contribution in [0.25, 0.3) is 0 Å². The van der Waals surface area contributed by atoms with Gasteiger partial charge in [-0.3, -0.25) is 14.5 Å². The van der Waals surface area contributed by atoms with Gasteiger partial charge in [0.25, 0.3) is 0 Å². The van der Waals surface area contributed by atoms with Crippen LogP contribution in [0.2, 0.25) is 0 Å². The third-order valence-electron chi connectivity index (χ3n) is 4.60. The maximum absolute atomic E-state index is 12.4. The van der Waals surface area contributed by atoms with Crippen molar-refractivity contribution in [2.45, 2.75) is 25.8 Å². The summed E-state index contributed by atoms with van der Waals surface area (Å²) in [7, 11) is 0. The summed E-state index contributed by atoms with van der Waals surface area (Å²) in [5.41, 5.74) is 2.27. The van der Waals surface area contributed by atoms with Crippen molar-refractivity contribution in [1.29, 1.82) is 0 Å². The zero-order chi connectivity index (χ0) is 15.5. The molecule has 0 aliphatic carbocycles. The molecule has 2 aliphatic rings. The van der Waals surface area contributed by atoms with Crippen LogP contribution in [-0.4, -0.2) is 60.4 Å². The fraction of sp³-hybridized carbons (Fsp3) is 0.529. The number of hydrogen-bond donors (Lipinski definition) is 1. The zero-order valence-electron chi connectivity index (χ0n) is 13.0. The first-order valence-corrected chi connectivity index (χ1v) is 7.98. The number of nitrogens with one attached hydrogen (secondary N) is 1. The summed E-state index contributed by atoms with van der Waals surface area (Å²) in [5.74, 6) is 0.318. The Morgan fingerprint density at radius 3 is 2.45 bits per heavy atom. The summed E-state index contributed by atoms with van der Waals surface area (Å²) >= 11 is 0. The number of rotatable bonds is 3. The van der Waals surface area contributed by atoms with Gasteiger partial charge in [-0.25, -0.2) is 0 Å². The van der Waals surface area contributed by atoms with Crippen molar-refractivity contribution in [3.05, 3.63) is 35.4 Å². The molecule has 0 saturated carbocycles. The highest BCUT2D eigenvalue weighted by Gasteiger charge is 2.32. The van der Waals surface area contributed by atoms with Gasteiger partial charge in [-0.1, -0.05) is 29.8 Å². The molecule has 2 amide bonds. The van der Waals surface area contributed by atoms with Crippen molar-refractivity contribution in [3.8, 4) is 0 Å². The van der Waals surface area contributed by atoms with Crippen LogP contribution < -0.4 is 5.32 Å². The molecule has 2 heterocycles. The van der Waals surface area contributed by atoms with E-state index < -0.39 is 0 Å². The van der Waals surface area contributed by atoms with Crippen molar-refractivity contribution < 1.29 is 9.59 Å². The van der Waals surface area contributed by atoms with Gasteiger partial charge in [0, 0.05) is 32.7 Å². The van der Waals surface area contributed by atoms with Crippen molar-refractivity contribution in [1.82, 2.24) is 15.1 Å². The van der Waals surface area contributed by atoms with E-state index >= 15 is 0 Å². The molecular weight excluding hydrogens is 278 g/mol. The van der Waals surface area contributed by atoms with Gasteiger partial charge in [0.15, 0.2) is 0 Å². The van der Waals surface area contributed by atoms with Crippen LogP contribution in [0.15, 0.2) is 24.3 Å². The summed E-state index contributed by atoms with van der Waals surface area (Å²) in [6.07, 6.45) is 1.35. The third-order valence-corrected chi connectivity index (χ3v) is 4.60. The van der Waals surface area contributed by atoms with E-state index in [1.807, 2.05) is 36.1 Å². The van der Waals surface area contributed by atoms with E-state index in [4.69, 9.17) is 0 Å². The summed E-state index contributed by atoms with van der Waals surface area (Å²) in [6, 6.07) is 8.13. The molecule has 2 fully saturated rings. The fourth-order valence-corrected chi connectivity index (χ4v) is 3.20. The molecule has 1 N–H and O–H groups in total. The van der Waals surface area contributed by atoms with E-state index in [2.05, 4.69) is 10.2 Å². The normalized spacial score (nSPS) is 22.7. The van der Waals surface area contributed by atoms with Crippen molar-refractivity contribution in [3.63, 3.8) is 0 Å². The zero-order valence-corrected chi connectivity index (χ0v) is 13.0. The number of carbonyl (C=O) groups excluding carboxylic acids is 2. The lowest BCUT2D eigenvalue weighted by molar-refractivity contribution is -0.133. The quantitative estimate of drug-likeness (QED) is 0.888. The largest absolute Gasteiger partial charge is 0.355 e. The fourth-order valence-electron chi connectivity index (χ4n) is 3.20. The molecule has 0 unspecified atom stereocenters. The van der Waals surface area contributed by atoms with Crippen LogP contribution in [0.4, 0.5) is 0 Å². The molecular formula is C17H23N3O2. The van der Waals surface area contributed by atoms with Crippen molar-refractivity contribution >= 4 is 11.8 Å².